The van der Waals surface area contributed by atoms with Gasteiger partial charge in [-0.05, 0) is 30.3 Å². The van der Waals surface area contributed by atoms with E-state index < -0.39 is 6.04 Å². The summed E-state index contributed by atoms with van der Waals surface area (Å²) in [4.78, 5) is 23.2. The van der Waals surface area contributed by atoms with Gasteiger partial charge in [0, 0.05) is 33.9 Å². The third-order valence-electron chi connectivity index (χ3n) is 5.63. The Morgan fingerprint density at radius 2 is 2.10 bits per heavy atom. The van der Waals surface area contributed by atoms with Gasteiger partial charge in [-0.15, -0.1) is 0 Å². The first-order valence-electron chi connectivity index (χ1n) is 9.64. The summed E-state index contributed by atoms with van der Waals surface area (Å²) in [7, 11) is 0. The van der Waals surface area contributed by atoms with Crippen LogP contribution in [-0.4, -0.2) is 37.5 Å². The molecule has 0 bridgehead atoms. The highest BCUT2D eigenvalue weighted by molar-refractivity contribution is 9.10. The Bertz CT molecular complexity index is 1380. The van der Waals surface area contributed by atoms with Gasteiger partial charge in [0.25, 0.3) is 5.91 Å². The molecule has 0 unspecified atom stereocenters. The lowest BCUT2D eigenvalue weighted by Crippen LogP contribution is -2.40. The SMILES string of the molecule is O=C(c1n[nH]c2ccc(Br)cc12)N1CCc2[nH]cnc2[C@H]1c1cc2ccccc2o1. The summed E-state index contributed by atoms with van der Waals surface area (Å²) < 4.78 is 7.05. The van der Waals surface area contributed by atoms with Gasteiger partial charge in [-0.3, -0.25) is 9.89 Å². The Morgan fingerprint density at radius 3 is 3.00 bits per heavy atom. The maximum atomic E-state index is 13.7. The highest BCUT2D eigenvalue weighted by Gasteiger charge is 2.37. The zero-order valence-electron chi connectivity index (χ0n) is 15.7. The molecular formula is C22H16BrN5O2. The number of aromatic amines is 2. The molecule has 1 aliphatic rings. The first kappa shape index (κ1) is 17.5. The van der Waals surface area contributed by atoms with Crippen molar-refractivity contribution in [2.24, 2.45) is 0 Å². The number of amides is 1. The standard InChI is InChI=1S/C22H16BrN5O2/c23-13-5-6-15-14(10-13)19(27-26-15)22(29)28-8-7-16-20(25-11-24-16)21(28)18-9-12-3-1-2-4-17(12)30-18/h1-6,9-11,21H,7-8H2,(H,24,25)(H,26,27)/t21-/m1/s1. The van der Waals surface area contributed by atoms with E-state index in [2.05, 4.69) is 36.1 Å². The van der Waals surface area contributed by atoms with E-state index in [-0.39, 0.29) is 5.91 Å². The van der Waals surface area contributed by atoms with Crippen molar-refractivity contribution in [1.82, 2.24) is 25.1 Å². The Labute approximate surface area is 179 Å². The van der Waals surface area contributed by atoms with E-state index in [0.717, 1.165) is 37.7 Å². The van der Waals surface area contributed by atoms with E-state index in [1.54, 1.807) is 11.2 Å². The van der Waals surface area contributed by atoms with Gasteiger partial charge in [-0.2, -0.15) is 5.10 Å². The number of imidazole rings is 1. The Balaban J connectivity index is 1.49. The van der Waals surface area contributed by atoms with E-state index in [4.69, 9.17) is 4.42 Å². The number of para-hydroxylation sites is 1. The van der Waals surface area contributed by atoms with Crippen LogP contribution in [0.3, 0.4) is 0 Å². The van der Waals surface area contributed by atoms with Crippen molar-refractivity contribution in [2.75, 3.05) is 6.54 Å². The highest BCUT2D eigenvalue weighted by Crippen LogP contribution is 2.37. The monoisotopic (exact) mass is 461 g/mol. The van der Waals surface area contributed by atoms with Gasteiger partial charge in [-0.25, -0.2) is 4.98 Å². The second kappa shape index (κ2) is 6.56. The lowest BCUT2D eigenvalue weighted by atomic mass is 9.99. The fraction of sp³-hybridized carbons (Fsp3) is 0.136. The van der Waals surface area contributed by atoms with Crippen molar-refractivity contribution < 1.29 is 9.21 Å². The molecule has 0 radical (unpaired) electrons. The minimum absolute atomic E-state index is 0.154. The van der Waals surface area contributed by atoms with Gasteiger partial charge in [0.15, 0.2) is 5.69 Å². The first-order valence-corrected chi connectivity index (χ1v) is 10.4. The van der Waals surface area contributed by atoms with E-state index in [1.165, 1.54) is 0 Å². The molecule has 148 valence electrons. The van der Waals surface area contributed by atoms with Gasteiger partial charge in [-0.1, -0.05) is 34.1 Å². The number of fused-ring (bicyclic) bond motifs is 3. The normalized spacial score (nSPS) is 16.3. The second-order valence-corrected chi connectivity index (χ2v) is 8.28. The van der Waals surface area contributed by atoms with E-state index in [1.807, 2.05) is 48.5 Å². The average Bonchev–Trinajstić information content (AvgIpc) is 3.49. The molecule has 2 aromatic carbocycles. The number of aromatic nitrogens is 4. The van der Waals surface area contributed by atoms with Crippen LogP contribution in [0.15, 0.2) is 63.7 Å². The molecule has 8 heteroatoms. The number of H-pyrrole nitrogens is 2. The van der Waals surface area contributed by atoms with Crippen molar-refractivity contribution in [3.63, 3.8) is 0 Å². The van der Waals surface area contributed by atoms with Crippen molar-refractivity contribution in [3.05, 3.63) is 82.2 Å². The summed E-state index contributed by atoms with van der Waals surface area (Å²) in [5.41, 5.74) is 3.84. The van der Waals surface area contributed by atoms with Gasteiger partial charge < -0.3 is 14.3 Å². The number of carbonyl (C=O) groups is 1. The topological polar surface area (TPSA) is 90.8 Å². The average molecular weight is 462 g/mol. The molecule has 6 rings (SSSR count). The summed E-state index contributed by atoms with van der Waals surface area (Å²) in [6.07, 6.45) is 2.37. The molecule has 1 atom stereocenters. The van der Waals surface area contributed by atoms with Crippen LogP contribution in [0.2, 0.25) is 0 Å². The molecule has 3 aromatic heterocycles. The van der Waals surface area contributed by atoms with Crippen LogP contribution in [0.1, 0.15) is 33.7 Å². The molecule has 30 heavy (non-hydrogen) atoms. The molecule has 2 N–H and O–H groups in total. The number of rotatable bonds is 2. The van der Waals surface area contributed by atoms with Crippen molar-refractivity contribution in [1.29, 1.82) is 0 Å². The van der Waals surface area contributed by atoms with Gasteiger partial charge in [0.05, 0.1) is 17.5 Å². The van der Waals surface area contributed by atoms with Crippen LogP contribution >= 0.6 is 15.9 Å². The molecule has 0 saturated heterocycles. The van der Waals surface area contributed by atoms with E-state index in [0.29, 0.717) is 24.4 Å². The van der Waals surface area contributed by atoms with E-state index in [9.17, 15) is 4.79 Å². The van der Waals surface area contributed by atoms with Gasteiger partial charge >= 0.3 is 0 Å². The molecular weight excluding hydrogens is 446 g/mol. The van der Waals surface area contributed by atoms with Crippen molar-refractivity contribution in [2.45, 2.75) is 12.5 Å². The first-order chi connectivity index (χ1) is 14.7. The third kappa shape index (κ3) is 2.60. The predicted octanol–water partition coefficient (Wildman–Crippen LogP) is 4.58. The highest BCUT2D eigenvalue weighted by atomic mass is 79.9. The van der Waals surface area contributed by atoms with Crippen LogP contribution in [-0.2, 0) is 6.42 Å². The zero-order chi connectivity index (χ0) is 20.2. The number of carbonyl (C=O) groups excluding carboxylic acids is 1. The molecule has 0 spiro atoms. The van der Waals surface area contributed by atoms with Crippen LogP contribution in [0.5, 0.6) is 0 Å². The molecule has 0 fully saturated rings. The lowest BCUT2D eigenvalue weighted by Gasteiger charge is -2.33. The van der Waals surface area contributed by atoms with Crippen molar-refractivity contribution >= 4 is 43.7 Å². The van der Waals surface area contributed by atoms with Crippen molar-refractivity contribution in [3.8, 4) is 0 Å². The maximum Gasteiger partial charge on any atom is 0.275 e. The molecule has 1 aliphatic heterocycles. The molecule has 5 aromatic rings. The molecule has 1 amide bonds. The predicted molar refractivity (Wildman–Crippen MR) is 115 cm³/mol. The zero-order valence-corrected chi connectivity index (χ0v) is 17.3. The summed E-state index contributed by atoms with van der Waals surface area (Å²) >= 11 is 3.49. The largest absolute Gasteiger partial charge is 0.458 e. The smallest absolute Gasteiger partial charge is 0.275 e. The molecule has 7 nitrogen and oxygen atoms in total. The summed E-state index contributed by atoms with van der Waals surface area (Å²) in [5, 5.41) is 9.07. The van der Waals surface area contributed by atoms with Gasteiger partial charge in [0.2, 0.25) is 0 Å². The quantitative estimate of drug-likeness (QED) is 0.402. The number of benzene rings is 2. The fourth-order valence-electron chi connectivity index (χ4n) is 4.21. The number of halogens is 1. The second-order valence-electron chi connectivity index (χ2n) is 7.37. The van der Waals surface area contributed by atoms with Gasteiger partial charge in [0.1, 0.15) is 17.4 Å². The van der Waals surface area contributed by atoms with Crippen LogP contribution in [0, 0.1) is 0 Å². The summed E-state index contributed by atoms with van der Waals surface area (Å²) in [6.45, 7) is 0.540. The van der Waals surface area contributed by atoms with Crippen LogP contribution in [0.25, 0.3) is 21.9 Å². The maximum absolute atomic E-state index is 13.7. The number of hydrogen-bond donors (Lipinski definition) is 2. The summed E-state index contributed by atoms with van der Waals surface area (Å²) in [6, 6.07) is 15.1. The molecule has 4 heterocycles. The molecule has 0 aliphatic carbocycles. The number of hydrogen-bond acceptors (Lipinski definition) is 4. The minimum Gasteiger partial charge on any atom is -0.458 e. The Morgan fingerprint density at radius 1 is 1.20 bits per heavy atom. The van der Waals surface area contributed by atoms with Crippen LogP contribution < -0.4 is 0 Å². The van der Waals surface area contributed by atoms with Crippen LogP contribution in [0.4, 0.5) is 0 Å². The lowest BCUT2D eigenvalue weighted by molar-refractivity contribution is 0.0668. The third-order valence-corrected chi connectivity index (χ3v) is 6.12. The Kier molecular flexibility index (Phi) is 3.82. The Hall–Kier alpha value is -3.39. The fourth-order valence-corrected chi connectivity index (χ4v) is 4.57. The number of nitrogens with one attached hydrogen (secondary N) is 2. The molecule has 0 saturated carbocycles. The van der Waals surface area contributed by atoms with E-state index >= 15 is 0 Å². The minimum atomic E-state index is -0.418. The number of furan rings is 1. The summed E-state index contributed by atoms with van der Waals surface area (Å²) in [5.74, 6) is 0.539. The number of nitrogens with zero attached hydrogens (tertiary/aromatic N) is 3.